The first-order chi connectivity index (χ1) is 14.1. The van der Waals surface area contributed by atoms with Gasteiger partial charge in [0.05, 0.1) is 12.7 Å². The Bertz CT molecular complexity index is 1150. The molecule has 0 saturated heterocycles. The van der Waals surface area contributed by atoms with E-state index in [4.69, 9.17) is 20.8 Å². The van der Waals surface area contributed by atoms with Crippen LogP contribution in [0.4, 0.5) is 5.82 Å². The van der Waals surface area contributed by atoms with Crippen LogP contribution in [0.25, 0.3) is 11.0 Å². The molecule has 0 unspecified atom stereocenters. The minimum absolute atomic E-state index is 0.0442. The van der Waals surface area contributed by atoms with Gasteiger partial charge in [-0.2, -0.15) is 5.10 Å². The lowest BCUT2D eigenvalue weighted by Gasteiger charge is -2.10. The molecule has 146 valence electrons. The van der Waals surface area contributed by atoms with Crippen LogP contribution in [0.5, 0.6) is 0 Å². The standard InChI is InChI=1S/C21H16ClN3O4/c22-16-7-3-1-6-15(16)12-25-19(9-10-23-25)24-20(26)13-28-21(27)18-11-14-5-2-4-8-17(14)29-18/h1-11H,12-13H2,(H,24,26). The molecule has 4 rings (SSSR count). The Morgan fingerprint density at radius 1 is 1.10 bits per heavy atom. The number of halogens is 1. The molecular weight excluding hydrogens is 394 g/mol. The van der Waals surface area contributed by atoms with Gasteiger partial charge in [-0.1, -0.05) is 48.0 Å². The van der Waals surface area contributed by atoms with E-state index in [1.165, 1.54) is 0 Å². The van der Waals surface area contributed by atoms with Gasteiger partial charge in [0.1, 0.15) is 11.4 Å². The number of furan rings is 1. The fourth-order valence-electron chi connectivity index (χ4n) is 2.82. The number of benzene rings is 2. The van der Waals surface area contributed by atoms with Crippen molar-refractivity contribution in [1.82, 2.24) is 9.78 Å². The van der Waals surface area contributed by atoms with Crippen LogP contribution in [-0.4, -0.2) is 28.3 Å². The highest BCUT2D eigenvalue weighted by Crippen LogP contribution is 2.20. The predicted molar refractivity (Wildman–Crippen MR) is 108 cm³/mol. The molecule has 1 N–H and O–H groups in total. The van der Waals surface area contributed by atoms with Crippen LogP contribution in [-0.2, 0) is 16.1 Å². The van der Waals surface area contributed by atoms with Crippen LogP contribution in [0.1, 0.15) is 16.1 Å². The summed E-state index contributed by atoms with van der Waals surface area (Å²) >= 11 is 6.18. The maximum atomic E-state index is 12.2. The number of nitrogens with one attached hydrogen (secondary N) is 1. The predicted octanol–water partition coefficient (Wildman–Crippen LogP) is 4.13. The van der Waals surface area contributed by atoms with Gasteiger partial charge in [-0.15, -0.1) is 0 Å². The van der Waals surface area contributed by atoms with E-state index >= 15 is 0 Å². The zero-order valence-corrected chi connectivity index (χ0v) is 15.9. The van der Waals surface area contributed by atoms with E-state index in [2.05, 4.69) is 10.4 Å². The van der Waals surface area contributed by atoms with E-state index in [0.717, 1.165) is 10.9 Å². The van der Waals surface area contributed by atoms with Gasteiger partial charge in [0.15, 0.2) is 6.61 Å². The number of carbonyl (C=O) groups excluding carboxylic acids is 2. The van der Waals surface area contributed by atoms with Gasteiger partial charge in [-0.25, -0.2) is 9.48 Å². The molecule has 0 aliphatic carbocycles. The van der Waals surface area contributed by atoms with E-state index < -0.39 is 18.5 Å². The molecule has 2 heterocycles. The van der Waals surface area contributed by atoms with Crippen molar-refractivity contribution in [2.45, 2.75) is 6.54 Å². The van der Waals surface area contributed by atoms with Crippen LogP contribution >= 0.6 is 11.6 Å². The third kappa shape index (κ3) is 4.30. The third-order valence-electron chi connectivity index (χ3n) is 4.22. The largest absolute Gasteiger partial charge is 0.450 e. The lowest BCUT2D eigenvalue weighted by atomic mass is 10.2. The van der Waals surface area contributed by atoms with Crippen molar-refractivity contribution in [2.75, 3.05) is 11.9 Å². The molecule has 0 aliphatic heterocycles. The molecule has 0 radical (unpaired) electrons. The Hall–Kier alpha value is -3.58. The molecule has 0 bridgehead atoms. The summed E-state index contributed by atoms with van der Waals surface area (Å²) in [5.74, 6) is -0.686. The third-order valence-corrected chi connectivity index (χ3v) is 4.59. The van der Waals surface area contributed by atoms with E-state index in [1.54, 1.807) is 41.2 Å². The Balaban J connectivity index is 1.36. The number of rotatable bonds is 6. The van der Waals surface area contributed by atoms with Gasteiger partial charge in [-0.05, 0) is 23.8 Å². The quantitative estimate of drug-likeness (QED) is 0.484. The first-order valence-electron chi connectivity index (χ1n) is 8.81. The van der Waals surface area contributed by atoms with Crippen molar-refractivity contribution >= 4 is 40.3 Å². The van der Waals surface area contributed by atoms with Crippen LogP contribution < -0.4 is 5.32 Å². The second-order valence-electron chi connectivity index (χ2n) is 6.24. The maximum Gasteiger partial charge on any atom is 0.374 e. The van der Waals surface area contributed by atoms with Crippen molar-refractivity contribution in [1.29, 1.82) is 0 Å². The molecule has 0 saturated carbocycles. The molecule has 2 aromatic carbocycles. The Labute approximate surface area is 170 Å². The Morgan fingerprint density at radius 3 is 2.72 bits per heavy atom. The summed E-state index contributed by atoms with van der Waals surface area (Å²) in [5, 5.41) is 8.26. The van der Waals surface area contributed by atoms with Crippen LogP contribution in [0.3, 0.4) is 0 Å². The van der Waals surface area contributed by atoms with Crippen LogP contribution in [0.15, 0.2) is 71.3 Å². The molecule has 8 heteroatoms. The topological polar surface area (TPSA) is 86.4 Å². The summed E-state index contributed by atoms with van der Waals surface area (Å²) in [4.78, 5) is 24.3. The second kappa shape index (κ2) is 8.20. The average molecular weight is 410 g/mol. The molecule has 7 nitrogen and oxygen atoms in total. The lowest BCUT2D eigenvalue weighted by molar-refractivity contribution is -0.119. The summed E-state index contributed by atoms with van der Waals surface area (Å²) in [7, 11) is 0. The monoisotopic (exact) mass is 409 g/mol. The number of esters is 1. The summed E-state index contributed by atoms with van der Waals surface area (Å²) in [5.41, 5.74) is 1.44. The van der Waals surface area contributed by atoms with Gasteiger partial charge in [-0.3, -0.25) is 4.79 Å². The molecule has 0 spiro atoms. The highest BCUT2D eigenvalue weighted by molar-refractivity contribution is 6.31. The number of amides is 1. The summed E-state index contributed by atoms with van der Waals surface area (Å²) in [6.07, 6.45) is 1.56. The van der Waals surface area contributed by atoms with Crippen molar-refractivity contribution < 1.29 is 18.7 Å². The summed E-state index contributed by atoms with van der Waals surface area (Å²) in [6, 6.07) is 17.8. The maximum absolute atomic E-state index is 12.2. The zero-order chi connectivity index (χ0) is 20.2. The number of hydrogen-bond donors (Lipinski definition) is 1. The van der Waals surface area contributed by atoms with Gasteiger partial charge in [0, 0.05) is 16.5 Å². The second-order valence-corrected chi connectivity index (χ2v) is 6.65. The molecule has 1 amide bonds. The van der Waals surface area contributed by atoms with E-state index in [9.17, 15) is 9.59 Å². The highest BCUT2D eigenvalue weighted by atomic mass is 35.5. The van der Waals surface area contributed by atoms with Gasteiger partial charge in [0.25, 0.3) is 5.91 Å². The summed E-state index contributed by atoms with van der Waals surface area (Å²) < 4.78 is 12.1. The summed E-state index contributed by atoms with van der Waals surface area (Å²) in [6.45, 7) is -0.0613. The number of aromatic nitrogens is 2. The lowest BCUT2D eigenvalue weighted by Crippen LogP contribution is -2.22. The highest BCUT2D eigenvalue weighted by Gasteiger charge is 2.16. The first kappa shape index (κ1) is 18.8. The molecule has 0 fully saturated rings. The molecule has 0 atom stereocenters. The minimum atomic E-state index is -0.707. The van der Waals surface area contributed by atoms with E-state index in [-0.39, 0.29) is 5.76 Å². The van der Waals surface area contributed by atoms with E-state index in [0.29, 0.717) is 23.0 Å². The molecule has 2 aromatic heterocycles. The normalized spacial score (nSPS) is 10.8. The van der Waals surface area contributed by atoms with Crippen LogP contribution in [0.2, 0.25) is 5.02 Å². The van der Waals surface area contributed by atoms with Crippen molar-refractivity contribution in [3.05, 3.63) is 83.2 Å². The molecular formula is C21H16ClN3O4. The number of fused-ring (bicyclic) bond motifs is 1. The minimum Gasteiger partial charge on any atom is -0.450 e. The number of hydrogen-bond acceptors (Lipinski definition) is 5. The number of carbonyl (C=O) groups is 2. The number of nitrogens with zero attached hydrogens (tertiary/aromatic N) is 2. The van der Waals surface area contributed by atoms with E-state index in [1.807, 2.05) is 30.3 Å². The Morgan fingerprint density at radius 2 is 1.90 bits per heavy atom. The molecule has 0 aliphatic rings. The number of para-hydroxylation sites is 1. The number of ether oxygens (including phenoxy) is 1. The number of anilines is 1. The molecule has 4 aromatic rings. The van der Waals surface area contributed by atoms with Crippen LogP contribution in [0, 0.1) is 0 Å². The van der Waals surface area contributed by atoms with Crippen molar-refractivity contribution in [2.24, 2.45) is 0 Å². The fourth-order valence-corrected chi connectivity index (χ4v) is 3.01. The fraction of sp³-hybridized carbons (Fsp3) is 0.0952. The first-order valence-corrected chi connectivity index (χ1v) is 9.19. The Kier molecular flexibility index (Phi) is 5.31. The average Bonchev–Trinajstić information content (AvgIpc) is 3.34. The molecule has 29 heavy (non-hydrogen) atoms. The van der Waals surface area contributed by atoms with Gasteiger partial charge >= 0.3 is 5.97 Å². The van der Waals surface area contributed by atoms with Crippen molar-refractivity contribution in [3.8, 4) is 0 Å². The SMILES string of the molecule is O=C(COC(=O)c1cc2ccccc2o1)Nc1ccnn1Cc1ccccc1Cl. The van der Waals surface area contributed by atoms with Gasteiger partial charge < -0.3 is 14.5 Å². The van der Waals surface area contributed by atoms with Gasteiger partial charge in [0.2, 0.25) is 5.76 Å². The smallest absolute Gasteiger partial charge is 0.374 e. The van der Waals surface area contributed by atoms with Crippen molar-refractivity contribution in [3.63, 3.8) is 0 Å². The zero-order valence-electron chi connectivity index (χ0n) is 15.2.